The molecule has 0 saturated heterocycles. The second-order valence-corrected chi connectivity index (χ2v) is 4.12. The molecule has 84 valence electrons. The van der Waals surface area contributed by atoms with Crippen molar-refractivity contribution in [3.63, 3.8) is 0 Å². The van der Waals surface area contributed by atoms with Gasteiger partial charge in [0, 0.05) is 18.2 Å². The Kier molecular flexibility index (Phi) is 3.34. The van der Waals surface area contributed by atoms with E-state index in [0.717, 1.165) is 0 Å². The number of hydrogen-bond acceptors (Lipinski definition) is 3. The molecule has 0 unspecified atom stereocenters. The number of nitrogens with zero attached hydrogens (tertiary/aromatic N) is 2. The monoisotopic (exact) mass is 210 g/mol. The molecule has 1 aromatic heterocycles. The van der Waals surface area contributed by atoms with Crippen molar-refractivity contribution in [2.45, 2.75) is 39.8 Å². The molecular weight excluding hydrogens is 192 g/mol. The molecule has 1 amide bonds. The van der Waals surface area contributed by atoms with Crippen LogP contribution in [0.1, 0.15) is 44.2 Å². The summed E-state index contributed by atoms with van der Waals surface area (Å²) >= 11 is 0. The van der Waals surface area contributed by atoms with Gasteiger partial charge in [0.1, 0.15) is 11.5 Å². The average molecular weight is 210 g/mol. The summed E-state index contributed by atoms with van der Waals surface area (Å²) in [6, 6.07) is 1.82. The molecule has 0 aliphatic heterocycles. The van der Waals surface area contributed by atoms with Gasteiger partial charge in [-0.1, -0.05) is 0 Å². The highest BCUT2D eigenvalue weighted by Gasteiger charge is 2.16. The maximum absolute atomic E-state index is 11.8. The Morgan fingerprint density at radius 3 is 2.53 bits per heavy atom. The largest absolute Gasteiger partial charge is 0.382 e. The van der Waals surface area contributed by atoms with Crippen LogP contribution in [-0.2, 0) is 0 Å². The van der Waals surface area contributed by atoms with Gasteiger partial charge in [0.05, 0.1) is 0 Å². The van der Waals surface area contributed by atoms with Crippen molar-refractivity contribution in [1.29, 1.82) is 0 Å². The Hall–Kier alpha value is -1.52. The lowest BCUT2D eigenvalue weighted by molar-refractivity contribution is 0.0930. The molecule has 1 rings (SSSR count). The van der Waals surface area contributed by atoms with Gasteiger partial charge in [0.25, 0.3) is 5.91 Å². The Morgan fingerprint density at radius 1 is 1.47 bits per heavy atom. The number of rotatable bonds is 3. The van der Waals surface area contributed by atoms with E-state index in [-0.39, 0.29) is 18.0 Å². The highest BCUT2D eigenvalue weighted by molar-refractivity contribution is 5.93. The summed E-state index contributed by atoms with van der Waals surface area (Å²) in [6.07, 6.45) is 0. The van der Waals surface area contributed by atoms with Gasteiger partial charge in [0.15, 0.2) is 0 Å². The smallest absolute Gasteiger partial charge is 0.269 e. The van der Waals surface area contributed by atoms with Crippen LogP contribution in [0.25, 0.3) is 0 Å². The Morgan fingerprint density at radius 2 is 2.07 bits per heavy atom. The first-order chi connectivity index (χ1) is 6.91. The van der Waals surface area contributed by atoms with E-state index in [1.807, 2.05) is 27.7 Å². The van der Waals surface area contributed by atoms with Crippen molar-refractivity contribution >= 4 is 11.7 Å². The molecule has 15 heavy (non-hydrogen) atoms. The number of carbonyl (C=O) groups is 1. The number of amides is 1. The highest BCUT2D eigenvalue weighted by Crippen LogP contribution is 2.12. The zero-order valence-electron chi connectivity index (χ0n) is 9.61. The van der Waals surface area contributed by atoms with Gasteiger partial charge >= 0.3 is 0 Å². The molecule has 0 fully saturated rings. The van der Waals surface area contributed by atoms with Crippen molar-refractivity contribution in [3.8, 4) is 0 Å². The van der Waals surface area contributed by atoms with Crippen LogP contribution in [0, 0.1) is 0 Å². The molecule has 0 spiro atoms. The number of hydrogen-bond donors (Lipinski definition) is 2. The van der Waals surface area contributed by atoms with Crippen LogP contribution in [0.5, 0.6) is 0 Å². The summed E-state index contributed by atoms with van der Waals surface area (Å²) in [4.78, 5) is 11.8. The van der Waals surface area contributed by atoms with Crippen LogP contribution >= 0.6 is 0 Å². The first kappa shape index (κ1) is 11.6. The fourth-order valence-corrected chi connectivity index (χ4v) is 1.31. The molecule has 5 nitrogen and oxygen atoms in total. The fraction of sp³-hybridized carbons (Fsp3) is 0.600. The van der Waals surface area contributed by atoms with E-state index < -0.39 is 0 Å². The zero-order valence-corrected chi connectivity index (χ0v) is 9.61. The SMILES string of the molecule is CC(C)NC(=O)c1cc(N)nn1C(C)C. The molecule has 3 N–H and O–H groups in total. The lowest BCUT2D eigenvalue weighted by Crippen LogP contribution is -2.32. The number of aromatic nitrogens is 2. The molecule has 0 atom stereocenters. The minimum atomic E-state index is -0.136. The molecule has 1 heterocycles. The summed E-state index contributed by atoms with van der Waals surface area (Å²) in [6.45, 7) is 7.74. The topological polar surface area (TPSA) is 72.9 Å². The van der Waals surface area contributed by atoms with E-state index in [1.54, 1.807) is 10.7 Å². The van der Waals surface area contributed by atoms with E-state index in [1.165, 1.54) is 0 Å². The molecule has 0 radical (unpaired) electrons. The quantitative estimate of drug-likeness (QED) is 0.787. The minimum Gasteiger partial charge on any atom is -0.382 e. The lowest BCUT2D eigenvalue weighted by Gasteiger charge is -2.12. The molecule has 0 aromatic carbocycles. The lowest BCUT2D eigenvalue weighted by atomic mass is 10.3. The minimum absolute atomic E-state index is 0.106. The van der Waals surface area contributed by atoms with E-state index in [9.17, 15) is 4.79 Å². The normalized spacial score (nSPS) is 11.1. The van der Waals surface area contributed by atoms with Gasteiger partial charge in [-0.25, -0.2) is 0 Å². The molecule has 0 bridgehead atoms. The van der Waals surface area contributed by atoms with Crippen LogP contribution < -0.4 is 11.1 Å². The number of nitrogens with one attached hydrogen (secondary N) is 1. The first-order valence-electron chi connectivity index (χ1n) is 5.07. The first-order valence-corrected chi connectivity index (χ1v) is 5.07. The molecule has 1 aromatic rings. The van der Waals surface area contributed by atoms with Crippen molar-refractivity contribution < 1.29 is 4.79 Å². The van der Waals surface area contributed by atoms with Crippen LogP contribution in [0.2, 0.25) is 0 Å². The predicted octanol–water partition coefficient (Wildman–Crippen LogP) is 1.18. The van der Waals surface area contributed by atoms with E-state index in [2.05, 4.69) is 10.4 Å². The third-order valence-corrected chi connectivity index (χ3v) is 1.90. The maximum Gasteiger partial charge on any atom is 0.269 e. The summed E-state index contributed by atoms with van der Waals surface area (Å²) in [5.41, 5.74) is 6.08. The van der Waals surface area contributed by atoms with Gasteiger partial charge in [-0.05, 0) is 27.7 Å². The summed E-state index contributed by atoms with van der Waals surface area (Å²) in [7, 11) is 0. The van der Waals surface area contributed by atoms with Crippen molar-refractivity contribution in [1.82, 2.24) is 15.1 Å². The van der Waals surface area contributed by atoms with Crippen molar-refractivity contribution in [2.75, 3.05) is 5.73 Å². The third-order valence-electron chi connectivity index (χ3n) is 1.90. The van der Waals surface area contributed by atoms with Gasteiger partial charge < -0.3 is 11.1 Å². The Labute approximate surface area is 89.6 Å². The van der Waals surface area contributed by atoms with Gasteiger partial charge in [-0.3, -0.25) is 9.48 Å². The maximum atomic E-state index is 11.8. The van der Waals surface area contributed by atoms with E-state index >= 15 is 0 Å². The Bertz CT molecular complexity index is 354. The summed E-state index contributed by atoms with van der Waals surface area (Å²) in [5, 5.41) is 6.88. The third kappa shape index (κ3) is 2.71. The summed E-state index contributed by atoms with van der Waals surface area (Å²) in [5.74, 6) is 0.237. The number of carbonyl (C=O) groups excluding carboxylic acids is 1. The Balaban J connectivity index is 2.97. The molecule has 0 aliphatic rings. The van der Waals surface area contributed by atoms with Gasteiger partial charge in [-0.15, -0.1) is 0 Å². The van der Waals surface area contributed by atoms with Gasteiger partial charge in [0.2, 0.25) is 0 Å². The number of nitrogens with two attached hydrogens (primary N) is 1. The van der Waals surface area contributed by atoms with E-state index in [4.69, 9.17) is 5.73 Å². The van der Waals surface area contributed by atoms with Crippen LogP contribution in [0.4, 0.5) is 5.82 Å². The number of nitrogen functional groups attached to an aromatic ring is 1. The predicted molar refractivity (Wildman–Crippen MR) is 59.6 cm³/mol. The van der Waals surface area contributed by atoms with Crippen LogP contribution in [0.3, 0.4) is 0 Å². The average Bonchev–Trinajstić information content (AvgIpc) is 2.46. The highest BCUT2D eigenvalue weighted by atomic mass is 16.2. The fourth-order valence-electron chi connectivity index (χ4n) is 1.31. The number of anilines is 1. The van der Waals surface area contributed by atoms with Crippen molar-refractivity contribution in [3.05, 3.63) is 11.8 Å². The van der Waals surface area contributed by atoms with Crippen LogP contribution in [-0.4, -0.2) is 21.7 Å². The second kappa shape index (κ2) is 4.33. The molecule has 5 heteroatoms. The standard InChI is InChI=1S/C10H18N4O/c1-6(2)12-10(15)8-5-9(11)13-14(8)7(3)4/h5-7H,1-4H3,(H2,11,13)(H,12,15). The molecular formula is C10H18N4O. The molecule has 0 saturated carbocycles. The zero-order chi connectivity index (χ0) is 11.6. The van der Waals surface area contributed by atoms with E-state index in [0.29, 0.717) is 11.5 Å². The summed E-state index contributed by atoms with van der Waals surface area (Å²) < 4.78 is 1.63. The second-order valence-electron chi connectivity index (χ2n) is 4.12. The van der Waals surface area contributed by atoms with Gasteiger partial charge in [-0.2, -0.15) is 5.10 Å². The van der Waals surface area contributed by atoms with Crippen LogP contribution in [0.15, 0.2) is 6.07 Å². The molecule has 0 aliphatic carbocycles. The van der Waals surface area contributed by atoms with Crippen molar-refractivity contribution in [2.24, 2.45) is 0 Å².